The van der Waals surface area contributed by atoms with E-state index in [4.69, 9.17) is 11.5 Å². The molecule has 1 aromatic rings. The lowest BCUT2D eigenvalue weighted by Crippen LogP contribution is -2.16. The predicted molar refractivity (Wildman–Crippen MR) is 38.7 cm³/mol. The van der Waals surface area contributed by atoms with Crippen LogP contribution in [0.4, 0.5) is 11.9 Å². The maximum absolute atomic E-state index is 10.3. The molecule has 1 heterocycles. The lowest BCUT2D eigenvalue weighted by Gasteiger charge is -1.89. The molecular weight excluding hydrogens is 160 g/mol. The molecule has 1 rings (SSSR count). The van der Waals surface area contributed by atoms with Crippen molar-refractivity contribution in [2.24, 2.45) is 0 Å². The lowest BCUT2D eigenvalue weighted by molar-refractivity contribution is 1.01. The van der Waals surface area contributed by atoms with Crippen LogP contribution in [-0.2, 0) is 0 Å². The number of nitrogens with two attached hydrogens (primary N) is 2. The van der Waals surface area contributed by atoms with Crippen LogP contribution in [0.5, 0.6) is 0 Å². The Morgan fingerprint density at radius 1 is 1.30 bits per heavy atom. The van der Waals surface area contributed by atoms with Crippen molar-refractivity contribution in [3.8, 4) is 0 Å². The summed E-state index contributed by atoms with van der Waals surface area (Å²) in [4.78, 5) is 19.1. The molecule has 5 N–H and O–H groups in total. The third kappa shape index (κ3) is 1.90. The summed E-state index contributed by atoms with van der Waals surface area (Å²) in [5.41, 5.74) is 9.53. The third-order valence-corrected chi connectivity index (χ3v) is 0.686. The van der Waals surface area contributed by atoms with Crippen LogP contribution in [0.15, 0.2) is 4.79 Å². The molecule has 56 valence electrons. The second-order valence-corrected chi connectivity index (χ2v) is 1.40. The molecule has 0 saturated heterocycles. The first-order valence-electron chi connectivity index (χ1n) is 2.18. The Labute approximate surface area is 62.1 Å². The SMILES string of the molecule is Cl.N[13c]1n[13c](N)[nH][13c](=O)n1. The molecule has 0 aliphatic heterocycles. The molecule has 0 fully saturated rings. The largest absolute Gasteiger partial charge is 0.369 e. The molecule has 6 nitrogen and oxygen atoms in total. The number of anilines is 2. The van der Waals surface area contributed by atoms with Gasteiger partial charge in [0.05, 0.1) is 0 Å². The first kappa shape index (κ1) is 8.70. The average molecular weight is 167 g/mol. The molecular formula is C3H6ClN5O. The van der Waals surface area contributed by atoms with Crippen molar-refractivity contribution in [3.05, 3.63) is 10.5 Å². The summed E-state index contributed by atoms with van der Waals surface area (Å²) in [5.74, 6) is -0.135. The van der Waals surface area contributed by atoms with Crippen LogP contribution >= 0.6 is 12.4 Å². The second kappa shape index (κ2) is 3.02. The smallest absolute Gasteiger partial charge is 0.350 e. The van der Waals surface area contributed by atoms with E-state index in [-0.39, 0.29) is 24.3 Å². The number of nitrogens with one attached hydrogen (secondary N) is 1. The molecule has 0 bridgehead atoms. The van der Waals surface area contributed by atoms with Crippen molar-refractivity contribution in [1.82, 2.24) is 15.0 Å². The highest BCUT2D eigenvalue weighted by Crippen LogP contribution is 1.85. The molecule has 7 heteroatoms. The first-order valence-corrected chi connectivity index (χ1v) is 2.18. The number of hydrogen-bond acceptors (Lipinski definition) is 5. The van der Waals surface area contributed by atoms with E-state index in [1.54, 1.807) is 0 Å². The number of hydrogen-bond donors (Lipinski definition) is 3. The van der Waals surface area contributed by atoms with Crippen LogP contribution in [-0.4, -0.2) is 15.0 Å². The van der Waals surface area contributed by atoms with Crippen LogP contribution in [0.1, 0.15) is 0 Å². The number of halogens is 1. The number of aromatic nitrogens is 3. The summed E-state index contributed by atoms with van der Waals surface area (Å²) in [7, 11) is 0. The van der Waals surface area contributed by atoms with Gasteiger partial charge >= 0.3 is 5.69 Å². The van der Waals surface area contributed by atoms with Crippen LogP contribution in [0.25, 0.3) is 0 Å². The van der Waals surface area contributed by atoms with E-state index < -0.39 is 5.69 Å². The third-order valence-electron chi connectivity index (χ3n) is 0.686. The fourth-order valence-corrected chi connectivity index (χ4v) is 0.418. The Kier molecular flexibility index (Phi) is 2.63. The molecule has 10 heavy (non-hydrogen) atoms. The minimum atomic E-state index is -0.583. The molecule has 0 amide bonds. The maximum Gasteiger partial charge on any atom is 0.350 e. The highest BCUT2D eigenvalue weighted by molar-refractivity contribution is 5.85. The van der Waals surface area contributed by atoms with E-state index in [2.05, 4.69) is 15.0 Å². The molecule has 0 aliphatic rings. The Morgan fingerprint density at radius 3 is 2.30 bits per heavy atom. The van der Waals surface area contributed by atoms with Crippen LogP contribution in [0.2, 0.25) is 0 Å². The normalized spacial score (nSPS) is 8.40. The Balaban J connectivity index is 0.000000810. The number of rotatable bonds is 0. The van der Waals surface area contributed by atoms with Gasteiger partial charge in [0.25, 0.3) is 0 Å². The van der Waals surface area contributed by atoms with E-state index >= 15 is 0 Å². The minimum absolute atomic E-state index is 0. The van der Waals surface area contributed by atoms with E-state index in [0.29, 0.717) is 0 Å². The zero-order chi connectivity index (χ0) is 6.85. The first-order chi connectivity index (χ1) is 4.18. The molecule has 0 aromatic carbocycles. The van der Waals surface area contributed by atoms with Crippen LogP contribution in [0, 0.1) is 0 Å². The van der Waals surface area contributed by atoms with Gasteiger partial charge in [0.15, 0.2) is 0 Å². The van der Waals surface area contributed by atoms with Crippen molar-refractivity contribution in [2.45, 2.75) is 0 Å². The van der Waals surface area contributed by atoms with Gasteiger partial charge in [-0.3, -0.25) is 4.98 Å². The summed E-state index contributed by atoms with van der Waals surface area (Å²) in [6.45, 7) is 0. The molecule has 1 aromatic heterocycles. The molecule has 0 saturated carbocycles. The summed E-state index contributed by atoms with van der Waals surface area (Å²) in [6.07, 6.45) is 0. The minimum Gasteiger partial charge on any atom is -0.369 e. The zero-order valence-electron chi connectivity index (χ0n) is 4.87. The predicted octanol–water partition coefficient (Wildman–Crippen LogP) is -1.25. The average Bonchev–Trinajstić information content (AvgIpc) is 1.59. The Morgan fingerprint density at radius 2 is 1.90 bits per heavy atom. The van der Waals surface area contributed by atoms with Crippen LogP contribution < -0.4 is 17.2 Å². The number of H-pyrrole nitrogens is 1. The van der Waals surface area contributed by atoms with E-state index in [9.17, 15) is 4.79 Å². The molecule has 0 aliphatic carbocycles. The van der Waals surface area contributed by atoms with Gasteiger partial charge < -0.3 is 11.5 Å². The summed E-state index contributed by atoms with van der Waals surface area (Å²) < 4.78 is 0. The molecule has 0 radical (unpaired) electrons. The Bertz CT molecular complexity index is 247. The molecule has 0 spiro atoms. The van der Waals surface area contributed by atoms with Gasteiger partial charge in [0.2, 0.25) is 11.9 Å². The van der Waals surface area contributed by atoms with Crippen molar-refractivity contribution >= 4 is 24.3 Å². The topological polar surface area (TPSA) is 111 Å². The van der Waals surface area contributed by atoms with E-state index in [0.717, 1.165) is 0 Å². The van der Waals surface area contributed by atoms with Gasteiger partial charge in [-0.15, -0.1) is 12.4 Å². The summed E-state index contributed by atoms with van der Waals surface area (Å²) in [6, 6.07) is 0. The Hall–Kier alpha value is -1.30. The summed E-state index contributed by atoms with van der Waals surface area (Å²) in [5, 5.41) is 0. The fraction of sp³-hybridized carbons (Fsp3) is 0. The van der Waals surface area contributed by atoms with Gasteiger partial charge in [-0.25, -0.2) is 4.79 Å². The van der Waals surface area contributed by atoms with E-state index in [1.807, 2.05) is 0 Å². The second-order valence-electron chi connectivity index (χ2n) is 1.40. The fourth-order valence-electron chi connectivity index (χ4n) is 0.418. The maximum atomic E-state index is 10.3. The number of nitrogen functional groups attached to an aromatic ring is 2. The van der Waals surface area contributed by atoms with E-state index in [1.165, 1.54) is 0 Å². The number of aromatic amines is 1. The van der Waals surface area contributed by atoms with Crippen molar-refractivity contribution in [1.29, 1.82) is 0 Å². The highest BCUT2D eigenvalue weighted by atomic mass is 35.5. The lowest BCUT2D eigenvalue weighted by atomic mass is 11.6. The van der Waals surface area contributed by atoms with Crippen molar-refractivity contribution < 1.29 is 0 Å². The van der Waals surface area contributed by atoms with Gasteiger partial charge in [-0.05, 0) is 0 Å². The number of nitrogens with zero attached hydrogens (tertiary/aromatic N) is 2. The van der Waals surface area contributed by atoms with Crippen molar-refractivity contribution in [2.75, 3.05) is 11.5 Å². The zero-order valence-corrected chi connectivity index (χ0v) is 5.68. The molecule has 0 unspecified atom stereocenters. The standard InChI is InChI=1S/C3H5N5O.ClH/c4-1-6-2(5)8-3(9)7-1;/h(H5,4,5,6,7,8,9);1H/i1+1,2+1,3+1;. The van der Waals surface area contributed by atoms with Gasteiger partial charge in [0.1, 0.15) is 0 Å². The van der Waals surface area contributed by atoms with Gasteiger partial charge in [-0.2, -0.15) is 9.97 Å². The molecule has 0 atom stereocenters. The van der Waals surface area contributed by atoms with Gasteiger partial charge in [0, 0.05) is 0 Å². The highest BCUT2D eigenvalue weighted by Gasteiger charge is 1.91. The monoisotopic (exact) mass is 166 g/mol. The van der Waals surface area contributed by atoms with Gasteiger partial charge in [-0.1, -0.05) is 0 Å². The van der Waals surface area contributed by atoms with Crippen LogP contribution in [0.3, 0.4) is 0 Å². The summed E-state index contributed by atoms with van der Waals surface area (Å²) >= 11 is 0. The van der Waals surface area contributed by atoms with Crippen molar-refractivity contribution in [3.63, 3.8) is 0 Å². The quantitative estimate of drug-likeness (QED) is 0.446.